The summed E-state index contributed by atoms with van der Waals surface area (Å²) < 4.78 is 0. The highest BCUT2D eigenvalue weighted by Gasteiger charge is 2.38. The molecule has 4 heteroatoms. The van der Waals surface area contributed by atoms with Crippen molar-refractivity contribution < 1.29 is 14.7 Å². The lowest BCUT2D eigenvalue weighted by atomic mass is 9.76. The van der Waals surface area contributed by atoms with Crippen LogP contribution < -0.4 is 0 Å². The molecule has 1 amide bonds. The number of piperidine rings is 1. The van der Waals surface area contributed by atoms with E-state index in [1.807, 2.05) is 18.7 Å². The molecule has 1 heterocycles. The number of rotatable bonds is 4. The minimum atomic E-state index is -0.827. The highest BCUT2D eigenvalue weighted by molar-refractivity contribution is 5.78. The number of hydrogen-bond donors (Lipinski definition) is 1. The van der Waals surface area contributed by atoms with Gasteiger partial charge in [-0.2, -0.15) is 0 Å². The zero-order valence-electron chi connectivity index (χ0n) is 12.8. The Bertz CT molecular complexity index is 373. The van der Waals surface area contributed by atoms with E-state index in [1.54, 1.807) is 0 Å². The predicted octanol–water partition coefficient (Wildman–Crippen LogP) is 3.06. The fraction of sp³-hybridized carbons (Fsp3) is 0.875. The summed E-state index contributed by atoms with van der Waals surface area (Å²) in [5.41, 5.74) is 0.0682. The van der Waals surface area contributed by atoms with Gasteiger partial charge in [-0.15, -0.1) is 0 Å². The van der Waals surface area contributed by atoms with Gasteiger partial charge < -0.3 is 10.0 Å². The summed E-state index contributed by atoms with van der Waals surface area (Å²) in [7, 11) is 0. The van der Waals surface area contributed by atoms with E-state index < -0.39 is 11.4 Å². The van der Waals surface area contributed by atoms with Gasteiger partial charge in [-0.25, -0.2) is 0 Å². The van der Waals surface area contributed by atoms with Gasteiger partial charge in [-0.05, 0) is 36.5 Å². The van der Waals surface area contributed by atoms with Gasteiger partial charge in [0.2, 0.25) is 5.91 Å². The van der Waals surface area contributed by atoms with Crippen LogP contribution in [0.1, 0.15) is 65.2 Å². The van der Waals surface area contributed by atoms with Gasteiger partial charge in [0.15, 0.2) is 0 Å². The monoisotopic (exact) mass is 281 g/mol. The maximum atomic E-state index is 12.3. The van der Waals surface area contributed by atoms with Gasteiger partial charge in [-0.3, -0.25) is 9.59 Å². The summed E-state index contributed by atoms with van der Waals surface area (Å²) in [5.74, 6) is -0.699. The second kappa shape index (κ2) is 5.74. The van der Waals surface area contributed by atoms with Crippen molar-refractivity contribution in [1.82, 2.24) is 4.90 Å². The van der Waals surface area contributed by atoms with Crippen LogP contribution in [0.15, 0.2) is 0 Å². The number of nitrogens with zero attached hydrogens (tertiary/aromatic N) is 1. The van der Waals surface area contributed by atoms with Gasteiger partial charge in [0.1, 0.15) is 0 Å². The molecule has 0 unspecified atom stereocenters. The van der Waals surface area contributed by atoms with Gasteiger partial charge in [-0.1, -0.05) is 26.7 Å². The molecule has 0 atom stereocenters. The van der Waals surface area contributed by atoms with E-state index in [0.29, 0.717) is 11.8 Å². The van der Waals surface area contributed by atoms with E-state index in [9.17, 15) is 9.59 Å². The number of amides is 1. The van der Waals surface area contributed by atoms with Crippen LogP contribution in [0.4, 0.5) is 0 Å². The minimum absolute atomic E-state index is 0.0521. The number of carboxylic acids is 1. The zero-order valence-corrected chi connectivity index (χ0v) is 12.8. The van der Waals surface area contributed by atoms with Crippen LogP contribution in [0.2, 0.25) is 0 Å². The number of carbonyl (C=O) groups excluding carboxylic acids is 1. The van der Waals surface area contributed by atoms with Crippen molar-refractivity contribution in [3.05, 3.63) is 0 Å². The van der Waals surface area contributed by atoms with E-state index in [4.69, 9.17) is 5.11 Å². The summed E-state index contributed by atoms with van der Waals surface area (Å²) in [4.78, 5) is 25.1. The lowest BCUT2D eigenvalue weighted by Crippen LogP contribution is -2.43. The van der Waals surface area contributed by atoms with Crippen molar-refractivity contribution in [2.75, 3.05) is 13.1 Å². The molecule has 1 spiro atoms. The molecular formula is C16H27NO3. The number of carboxylic acid groups (broad SMARTS) is 1. The van der Waals surface area contributed by atoms with E-state index in [0.717, 1.165) is 25.9 Å². The molecule has 20 heavy (non-hydrogen) atoms. The Hall–Kier alpha value is -1.06. The van der Waals surface area contributed by atoms with Crippen molar-refractivity contribution in [3.63, 3.8) is 0 Å². The Balaban J connectivity index is 1.84. The highest BCUT2D eigenvalue weighted by atomic mass is 16.4. The molecule has 0 bridgehead atoms. The van der Waals surface area contributed by atoms with Crippen LogP contribution >= 0.6 is 0 Å². The maximum absolute atomic E-state index is 12.3. The van der Waals surface area contributed by atoms with Crippen molar-refractivity contribution in [3.8, 4) is 0 Å². The van der Waals surface area contributed by atoms with Crippen LogP contribution in [-0.2, 0) is 9.59 Å². The number of hydrogen-bond acceptors (Lipinski definition) is 2. The molecule has 4 nitrogen and oxygen atoms in total. The molecule has 0 aromatic heterocycles. The Morgan fingerprint density at radius 2 is 1.60 bits per heavy atom. The third-order valence-electron chi connectivity index (χ3n) is 5.10. The molecule has 1 saturated heterocycles. The number of likely N-dealkylation sites (tertiary alicyclic amines) is 1. The normalized spacial score (nSPS) is 22.2. The van der Waals surface area contributed by atoms with Crippen molar-refractivity contribution in [2.24, 2.45) is 10.8 Å². The fourth-order valence-electron chi connectivity index (χ4n) is 3.85. The number of carbonyl (C=O) groups is 2. The first-order chi connectivity index (χ1) is 9.32. The first-order valence-corrected chi connectivity index (χ1v) is 7.82. The van der Waals surface area contributed by atoms with Gasteiger partial charge in [0, 0.05) is 19.5 Å². The van der Waals surface area contributed by atoms with Crippen molar-refractivity contribution in [2.45, 2.75) is 65.2 Å². The second-order valence-corrected chi connectivity index (χ2v) is 7.50. The topological polar surface area (TPSA) is 57.6 Å². The summed E-state index contributed by atoms with van der Waals surface area (Å²) >= 11 is 0. The molecule has 2 aliphatic rings. The van der Waals surface area contributed by atoms with E-state index in [2.05, 4.69) is 0 Å². The molecule has 1 aliphatic heterocycles. The van der Waals surface area contributed by atoms with Gasteiger partial charge in [0.05, 0.1) is 6.42 Å². The minimum Gasteiger partial charge on any atom is -0.481 e. The Kier molecular flexibility index (Phi) is 4.40. The van der Waals surface area contributed by atoms with Crippen LogP contribution in [0.3, 0.4) is 0 Å². The van der Waals surface area contributed by atoms with Crippen LogP contribution in [0.5, 0.6) is 0 Å². The molecule has 2 fully saturated rings. The largest absolute Gasteiger partial charge is 0.481 e. The summed E-state index contributed by atoms with van der Waals surface area (Å²) in [6.45, 7) is 5.45. The standard InChI is InChI=1S/C16H27NO3/c1-15(2,12-14(19)20)11-13(18)17-9-7-16(8-10-17)5-3-4-6-16/h3-12H2,1-2H3,(H,19,20). The van der Waals surface area contributed by atoms with Crippen LogP contribution in [0, 0.1) is 10.8 Å². The molecule has 0 radical (unpaired) electrons. The summed E-state index contributed by atoms with van der Waals surface area (Å²) in [5, 5.41) is 8.89. The highest BCUT2D eigenvalue weighted by Crippen LogP contribution is 2.46. The third-order valence-corrected chi connectivity index (χ3v) is 5.10. The van der Waals surface area contributed by atoms with E-state index in [-0.39, 0.29) is 12.3 Å². The summed E-state index contributed by atoms with van der Waals surface area (Å²) in [6, 6.07) is 0. The first-order valence-electron chi connectivity index (χ1n) is 7.82. The average molecular weight is 281 g/mol. The second-order valence-electron chi connectivity index (χ2n) is 7.50. The molecule has 114 valence electrons. The quantitative estimate of drug-likeness (QED) is 0.861. The molecular weight excluding hydrogens is 254 g/mol. The summed E-state index contributed by atoms with van der Waals surface area (Å²) in [6.07, 6.45) is 8.03. The van der Waals surface area contributed by atoms with E-state index >= 15 is 0 Å². The maximum Gasteiger partial charge on any atom is 0.303 e. The van der Waals surface area contributed by atoms with Gasteiger partial charge in [0.25, 0.3) is 0 Å². The average Bonchev–Trinajstić information content (AvgIpc) is 2.76. The van der Waals surface area contributed by atoms with Crippen LogP contribution in [-0.4, -0.2) is 35.0 Å². The Morgan fingerprint density at radius 3 is 2.10 bits per heavy atom. The van der Waals surface area contributed by atoms with Crippen molar-refractivity contribution >= 4 is 11.9 Å². The Morgan fingerprint density at radius 1 is 1.05 bits per heavy atom. The Labute approximate surface area is 121 Å². The van der Waals surface area contributed by atoms with E-state index in [1.165, 1.54) is 25.7 Å². The smallest absolute Gasteiger partial charge is 0.303 e. The van der Waals surface area contributed by atoms with Gasteiger partial charge >= 0.3 is 5.97 Å². The lowest BCUT2D eigenvalue weighted by Gasteiger charge is -2.40. The zero-order chi connectivity index (χ0) is 14.8. The molecule has 0 aromatic rings. The molecule has 1 aliphatic carbocycles. The lowest BCUT2D eigenvalue weighted by molar-refractivity contribution is -0.141. The molecule has 1 saturated carbocycles. The predicted molar refractivity (Wildman–Crippen MR) is 77.4 cm³/mol. The third kappa shape index (κ3) is 3.74. The van der Waals surface area contributed by atoms with Crippen LogP contribution in [0.25, 0.3) is 0 Å². The number of aliphatic carboxylic acids is 1. The molecule has 0 aromatic carbocycles. The molecule has 2 rings (SSSR count). The molecule has 1 N–H and O–H groups in total. The first kappa shape index (κ1) is 15.3. The van der Waals surface area contributed by atoms with Crippen molar-refractivity contribution in [1.29, 1.82) is 0 Å². The fourth-order valence-corrected chi connectivity index (χ4v) is 3.85. The SMILES string of the molecule is CC(C)(CC(=O)O)CC(=O)N1CCC2(CCCC2)CC1.